The summed E-state index contributed by atoms with van der Waals surface area (Å²) in [6.07, 6.45) is 1.91. The Morgan fingerprint density at radius 3 is 2.60 bits per heavy atom. The molecule has 3 aliphatic heterocycles. The molecule has 4 bridgehead atoms. The molecule has 3 heterocycles. The summed E-state index contributed by atoms with van der Waals surface area (Å²) in [6.45, 7) is 8.88. The van der Waals surface area contributed by atoms with Gasteiger partial charge in [0.2, 0.25) is 11.8 Å². The number of ether oxygens (including phenoxy) is 5. The first-order valence-electron chi connectivity index (χ1n) is 16.8. The molecule has 2 fully saturated rings. The molecule has 2 N–H and O–H groups in total. The fourth-order valence-electron chi connectivity index (χ4n) is 6.61. The van der Waals surface area contributed by atoms with Gasteiger partial charge in [-0.05, 0) is 51.3 Å². The number of esters is 1. The molecular formula is C36H50ClN3O10. The average Bonchev–Trinajstić information content (AvgIpc) is 3.76. The zero-order chi connectivity index (χ0) is 37.1. The molecule has 3 amide bonds. The maximum Gasteiger partial charge on any atom is 0.409 e. The lowest BCUT2D eigenvalue weighted by Gasteiger charge is -2.42. The van der Waals surface area contributed by atoms with E-state index in [1.807, 2.05) is 19.9 Å². The molecule has 1 unspecified atom stereocenters. The van der Waals surface area contributed by atoms with E-state index in [-0.39, 0.29) is 30.2 Å². The maximum atomic E-state index is 14.0. The van der Waals surface area contributed by atoms with Crippen molar-refractivity contribution in [3.8, 4) is 5.75 Å². The zero-order valence-corrected chi connectivity index (χ0v) is 31.0. The normalized spacial score (nSPS) is 32.3. The van der Waals surface area contributed by atoms with E-state index in [1.54, 1.807) is 52.1 Å². The number of allylic oxidation sites excluding steroid dienone is 3. The number of carbonyl (C=O) groups excluding carboxylic acids is 4. The van der Waals surface area contributed by atoms with Crippen molar-refractivity contribution >= 4 is 41.2 Å². The van der Waals surface area contributed by atoms with Gasteiger partial charge in [0.1, 0.15) is 40.7 Å². The molecule has 0 radical (unpaired) electrons. The largest absolute Gasteiger partial charge is 0.495 e. The van der Waals surface area contributed by atoms with Crippen molar-refractivity contribution in [2.24, 2.45) is 5.92 Å². The smallest absolute Gasteiger partial charge is 0.409 e. The number of amides is 3. The van der Waals surface area contributed by atoms with E-state index in [4.69, 9.17) is 35.3 Å². The number of anilines is 1. The van der Waals surface area contributed by atoms with Crippen molar-refractivity contribution in [2.75, 3.05) is 33.2 Å². The molecular weight excluding hydrogens is 670 g/mol. The third-order valence-electron chi connectivity index (χ3n) is 9.99. The maximum absolute atomic E-state index is 14.0. The second-order valence-electron chi connectivity index (χ2n) is 13.7. The Morgan fingerprint density at radius 2 is 1.96 bits per heavy atom. The number of epoxide rings is 1. The van der Waals surface area contributed by atoms with Crippen LogP contribution in [0.2, 0.25) is 5.02 Å². The molecule has 0 aromatic heterocycles. The van der Waals surface area contributed by atoms with E-state index >= 15 is 0 Å². The van der Waals surface area contributed by atoms with E-state index in [9.17, 15) is 24.3 Å². The van der Waals surface area contributed by atoms with E-state index in [0.29, 0.717) is 24.3 Å². The number of benzene rings is 1. The number of fused-ring (bicyclic) bond motifs is 5. The number of methoxy groups -OCH3 is 2. The molecule has 8 atom stereocenters. The molecule has 276 valence electrons. The van der Waals surface area contributed by atoms with Crippen LogP contribution in [0.1, 0.15) is 65.9 Å². The third kappa shape index (κ3) is 8.28. The molecule has 2 saturated heterocycles. The van der Waals surface area contributed by atoms with Crippen molar-refractivity contribution in [3.63, 3.8) is 0 Å². The van der Waals surface area contributed by atoms with Crippen LogP contribution >= 0.6 is 11.6 Å². The minimum absolute atomic E-state index is 0.0426. The number of aliphatic hydroxyl groups is 1. The molecule has 0 spiro atoms. The number of carbonyl (C=O) groups is 4. The second kappa shape index (κ2) is 15.7. The van der Waals surface area contributed by atoms with E-state index in [2.05, 4.69) is 5.32 Å². The van der Waals surface area contributed by atoms with Crippen molar-refractivity contribution in [2.45, 2.75) is 109 Å². The summed E-state index contributed by atoms with van der Waals surface area (Å²) in [7, 11) is 6.03. The van der Waals surface area contributed by atoms with E-state index in [0.717, 1.165) is 11.1 Å². The lowest BCUT2D eigenvalue weighted by Crippen LogP contribution is -2.63. The molecule has 1 aromatic rings. The molecule has 14 heteroatoms. The van der Waals surface area contributed by atoms with E-state index in [1.165, 1.54) is 31.1 Å². The number of likely N-dealkylation sites (N-methyl/N-ethyl adjacent to an activating group) is 1. The highest BCUT2D eigenvalue weighted by atomic mass is 35.5. The SMILES string of the molecule is CCCC(=O)N(C)[C@@H](C)C(=O)O[C@H]1CC(=O)N(C)c2cc(cc(OC)c2Cl)C/C(C)=C/C=C/[C@@H](OC)[C@@]2(O)C[C@H](OC(=O)N2)[C@@H](C)[C@@H]2OC12C. The minimum Gasteiger partial charge on any atom is -0.495 e. The summed E-state index contributed by atoms with van der Waals surface area (Å²) in [6, 6.07) is 2.65. The summed E-state index contributed by atoms with van der Waals surface area (Å²) in [5, 5.41) is 14.4. The lowest BCUT2D eigenvalue weighted by molar-refractivity contribution is -0.162. The fraction of sp³-hybridized carbons (Fsp3) is 0.611. The summed E-state index contributed by atoms with van der Waals surface area (Å²) in [4.78, 5) is 55.7. The Morgan fingerprint density at radius 1 is 1.26 bits per heavy atom. The highest BCUT2D eigenvalue weighted by Crippen LogP contribution is 2.49. The minimum atomic E-state index is -1.82. The van der Waals surface area contributed by atoms with Gasteiger partial charge in [0.15, 0.2) is 5.72 Å². The summed E-state index contributed by atoms with van der Waals surface area (Å²) in [5.74, 6) is -1.49. The summed E-state index contributed by atoms with van der Waals surface area (Å²) in [5.41, 5.74) is -0.868. The van der Waals surface area contributed by atoms with Gasteiger partial charge in [0.05, 0.1) is 25.3 Å². The second-order valence-corrected chi connectivity index (χ2v) is 14.0. The first-order chi connectivity index (χ1) is 23.5. The van der Waals surface area contributed by atoms with Gasteiger partial charge in [0.25, 0.3) is 0 Å². The van der Waals surface area contributed by atoms with Gasteiger partial charge in [-0.2, -0.15) is 0 Å². The quantitative estimate of drug-likeness (QED) is 0.308. The zero-order valence-electron chi connectivity index (χ0n) is 30.3. The molecule has 1 aromatic carbocycles. The van der Waals surface area contributed by atoms with Gasteiger partial charge in [-0.1, -0.05) is 49.2 Å². The Kier molecular flexibility index (Phi) is 12.3. The van der Waals surface area contributed by atoms with Gasteiger partial charge in [-0.15, -0.1) is 0 Å². The Hall–Kier alpha value is -3.65. The first kappa shape index (κ1) is 39.1. The number of hydrogen-bond donors (Lipinski definition) is 2. The molecule has 0 saturated carbocycles. The Bertz CT molecular complexity index is 1530. The molecule has 50 heavy (non-hydrogen) atoms. The third-order valence-corrected chi connectivity index (χ3v) is 10.4. The standard InChI is InChI=1S/C36H50ClN3O10/c1-10-12-29(41)39(6)22(4)33(43)49-28-18-30(42)40(7)24-16-23(17-25(46-8)31(24)37)15-20(2)13-11-14-27(47-9)36(45)19-26(48-34(44)38-36)21(3)32-35(28,5)50-32/h11,13-14,16-17,21-22,26-28,32,45H,10,12,15,18-19H2,1-9H3,(H,38,44)/b14-11+,20-13+/t21-,22+,26+,27-,28+,32+,35?,36+/m1/s1. The van der Waals surface area contributed by atoms with Crippen LogP contribution in [0.4, 0.5) is 10.5 Å². The lowest BCUT2D eigenvalue weighted by atomic mass is 9.83. The molecule has 13 nitrogen and oxygen atoms in total. The molecule has 0 aliphatic carbocycles. The predicted octanol–water partition coefficient (Wildman–Crippen LogP) is 4.31. The number of hydrogen-bond acceptors (Lipinski definition) is 10. The van der Waals surface area contributed by atoms with Crippen molar-refractivity contribution in [1.29, 1.82) is 0 Å². The van der Waals surface area contributed by atoms with Crippen LogP contribution in [0.15, 0.2) is 35.9 Å². The fourth-order valence-corrected chi connectivity index (χ4v) is 6.92. The topological polar surface area (TPSA) is 156 Å². The van der Waals surface area contributed by atoms with Crippen LogP contribution < -0.4 is 15.0 Å². The summed E-state index contributed by atoms with van der Waals surface area (Å²) >= 11 is 6.74. The predicted molar refractivity (Wildman–Crippen MR) is 186 cm³/mol. The molecule has 3 aliphatic rings. The van der Waals surface area contributed by atoms with Gasteiger partial charge < -0.3 is 38.6 Å². The number of nitrogens with one attached hydrogen (secondary N) is 1. The summed E-state index contributed by atoms with van der Waals surface area (Å²) < 4.78 is 29.1. The van der Waals surface area contributed by atoms with Crippen molar-refractivity contribution < 1.29 is 48.0 Å². The monoisotopic (exact) mass is 719 g/mol. The highest BCUT2D eigenvalue weighted by molar-refractivity contribution is 6.35. The van der Waals surface area contributed by atoms with Crippen LogP contribution in [0.3, 0.4) is 0 Å². The van der Waals surface area contributed by atoms with Crippen molar-refractivity contribution in [1.82, 2.24) is 10.2 Å². The van der Waals surface area contributed by atoms with Crippen LogP contribution in [0.25, 0.3) is 0 Å². The van der Waals surface area contributed by atoms with Crippen molar-refractivity contribution in [3.05, 3.63) is 46.5 Å². The van der Waals surface area contributed by atoms with Crippen LogP contribution in [-0.4, -0.2) is 104 Å². The Balaban J connectivity index is 1.78. The van der Waals surface area contributed by atoms with Gasteiger partial charge in [-0.3, -0.25) is 14.9 Å². The number of halogens is 1. The number of alkyl carbamates (subject to hydrolysis) is 1. The molecule has 4 rings (SSSR count). The van der Waals surface area contributed by atoms with Crippen LogP contribution in [0, 0.1) is 5.92 Å². The van der Waals surface area contributed by atoms with E-state index < -0.39 is 65.7 Å². The Labute approximate surface area is 298 Å². The van der Waals surface area contributed by atoms with Gasteiger partial charge in [-0.25, -0.2) is 9.59 Å². The number of nitrogens with zero attached hydrogens (tertiary/aromatic N) is 2. The van der Waals surface area contributed by atoms with Crippen LogP contribution in [-0.2, 0) is 39.8 Å². The first-order valence-corrected chi connectivity index (χ1v) is 17.2. The van der Waals surface area contributed by atoms with Gasteiger partial charge >= 0.3 is 12.1 Å². The van der Waals surface area contributed by atoms with Crippen LogP contribution in [0.5, 0.6) is 5.75 Å². The highest BCUT2D eigenvalue weighted by Gasteiger charge is 2.64. The average molecular weight is 720 g/mol. The van der Waals surface area contributed by atoms with Gasteiger partial charge in [0, 0.05) is 40.0 Å². The number of rotatable bonds is 7.